The van der Waals surface area contributed by atoms with E-state index in [2.05, 4.69) is 23.5 Å². The van der Waals surface area contributed by atoms with Crippen LogP contribution < -0.4 is 4.74 Å². The van der Waals surface area contributed by atoms with E-state index in [1.807, 2.05) is 0 Å². The maximum atomic E-state index is 11.3. The smallest absolute Gasteiger partial charge is 0.337 e. The first-order chi connectivity index (χ1) is 13.3. The van der Waals surface area contributed by atoms with Crippen molar-refractivity contribution in [1.29, 1.82) is 0 Å². The van der Waals surface area contributed by atoms with E-state index in [9.17, 15) is 4.79 Å². The molecule has 0 aromatic heterocycles. The van der Waals surface area contributed by atoms with Gasteiger partial charge in [0.15, 0.2) is 0 Å². The minimum absolute atomic E-state index is 0.340. The van der Waals surface area contributed by atoms with Crippen molar-refractivity contribution in [2.45, 2.75) is 84.0 Å². The first-order valence-electron chi connectivity index (χ1n) is 10.5. The molecule has 0 spiro atoms. The maximum absolute atomic E-state index is 11.3. The summed E-state index contributed by atoms with van der Waals surface area (Å²) in [6.07, 6.45) is 15.9. The van der Waals surface area contributed by atoms with Crippen LogP contribution in [0.2, 0.25) is 0 Å². The Balaban J connectivity index is 1.95. The van der Waals surface area contributed by atoms with Gasteiger partial charge in [-0.3, -0.25) is 0 Å². The van der Waals surface area contributed by atoms with Crippen molar-refractivity contribution in [1.82, 2.24) is 0 Å². The van der Waals surface area contributed by atoms with Crippen molar-refractivity contribution in [2.24, 2.45) is 0 Å². The summed E-state index contributed by atoms with van der Waals surface area (Å²) in [7, 11) is 1.37. The lowest BCUT2D eigenvalue weighted by Gasteiger charge is -2.03. The predicted octanol–water partition coefficient (Wildman–Crippen LogP) is 6.56. The summed E-state index contributed by atoms with van der Waals surface area (Å²) in [6, 6.07) is 6.91. The van der Waals surface area contributed by atoms with E-state index in [-0.39, 0.29) is 5.97 Å². The molecule has 0 fully saturated rings. The number of hydrogen-bond donors (Lipinski definition) is 0. The van der Waals surface area contributed by atoms with Gasteiger partial charge >= 0.3 is 5.97 Å². The SMILES string of the molecule is CCCCCCCCCCCCCC#CCOc1ccc(C(=O)OC)cc1. The average molecular weight is 373 g/mol. The number of hydrogen-bond acceptors (Lipinski definition) is 3. The van der Waals surface area contributed by atoms with E-state index in [1.54, 1.807) is 24.3 Å². The Morgan fingerprint density at radius 1 is 0.815 bits per heavy atom. The molecule has 0 saturated heterocycles. The zero-order valence-electron chi connectivity index (χ0n) is 17.2. The van der Waals surface area contributed by atoms with Crippen LogP contribution in [-0.4, -0.2) is 19.7 Å². The van der Waals surface area contributed by atoms with Crippen molar-refractivity contribution in [3.05, 3.63) is 29.8 Å². The molecule has 3 nitrogen and oxygen atoms in total. The minimum atomic E-state index is -0.340. The summed E-state index contributed by atoms with van der Waals surface area (Å²) in [5, 5.41) is 0. The number of carbonyl (C=O) groups is 1. The molecular formula is C24H36O3. The van der Waals surface area contributed by atoms with Crippen LogP contribution in [0.15, 0.2) is 24.3 Å². The summed E-state index contributed by atoms with van der Waals surface area (Å²) in [5.41, 5.74) is 0.521. The lowest BCUT2D eigenvalue weighted by atomic mass is 10.1. The normalized spacial score (nSPS) is 10.1. The van der Waals surface area contributed by atoms with E-state index in [1.165, 1.54) is 77.7 Å². The third kappa shape index (κ3) is 12.1. The van der Waals surface area contributed by atoms with Crippen molar-refractivity contribution < 1.29 is 14.3 Å². The Morgan fingerprint density at radius 3 is 1.93 bits per heavy atom. The molecule has 0 unspecified atom stereocenters. The molecule has 1 aromatic rings. The first-order valence-corrected chi connectivity index (χ1v) is 10.5. The second-order valence-corrected chi connectivity index (χ2v) is 6.94. The van der Waals surface area contributed by atoms with Gasteiger partial charge in [-0.25, -0.2) is 4.79 Å². The van der Waals surface area contributed by atoms with E-state index < -0.39 is 0 Å². The largest absolute Gasteiger partial charge is 0.481 e. The van der Waals surface area contributed by atoms with Crippen molar-refractivity contribution in [3.8, 4) is 17.6 Å². The van der Waals surface area contributed by atoms with Crippen LogP contribution in [0.3, 0.4) is 0 Å². The van der Waals surface area contributed by atoms with Crippen LogP contribution in [0, 0.1) is 11.8 Å². The molecule has 0 bridgehead atoms. The van der Waals surface area contributed by atoms with Gasteiger partial charge in [0.2, 0.25) is 0 Å². The van der Waals surface area contributed by atoms with Crippen LogP contribution in [0.5, 0.6) is 5.75 Å². The van der Waals surface area contributed by atoms with Crippen LogP contribution in [0.4, 0.5) is 0 Å². The predicted molar refractivity (Wildman–Crippen MR) is 112 cm³/mol. The average Bonchev–Trinajstić information content (AvgIpc) is 2.70. The minimum Gasteiger partial charge on any atom is -0.481 e. The summed E-state index contributed by atoms with van der Waals surface area (Å²) in [5.74, 6) is 6.61. The molecule has 0 aliphatic carbocycles. The van der Waals surface area contributed by atoms with Gasteiger partial charge in [-0.1, -0.05) is 83.0 Å². The third-order valence-corrected chi connectivity index (χ3v) is 4.62. The van der Waals surface area contributed by atoms with E-state index in [0.29, 0.717) is 17.9 Å². The Kier molecular flexibility index (Phi) is 13.9. The Morgan fingerprint density at radius 2 is 1.37 bits per heavy atom. The van der Waals surface area contributed by atoms with Crippen molar-refractivity contribution >= 4 is 5.97 Å². The van der Waals surface area contributed by atoms with Gasteiger partial charge in [-0.05, 0) is 30.7 Å². The van der Waals surface area contributed by atoms with Crippen LogP contribution in [0.25, 0.3) is 0 Å². The van der Waals surface area contributed by atoms with Gasteiger partial charge in [0.1, 0.15) is 12.4 Å². The fourth-order valence-corrected chi connectivity index (χ4v) is 2.94. The molecule has 0 aliphatic rings. The van der Waals surface area contributed by atoms with E-state index in [4.69, 9.17) is 4.74 Å². The van der Waals surface area contributed by atoms with E-state index in [0.717, 1.165) is 6.42 Å². The van der Waals surface area contributed by atoms with Gasteiger partial charge < -0.3 is 9.47 Å². The Labute approximate surface area is 165 Å². The van der Waals surface area contributed by atoms with Crippen molar-refractivity contribution in [3.63, 3.8) is 0 Å². The zero-order chi connectivity index (χ0) is 19.6. The quantitative estimate of drug-likeness (QED) is 0.211. The lowest BCUT2D eigenvalue weighted by Crippen LogP contribution is -2.01. The second kappa shape index (κ2) is 16.2. The number of ether oxygens (including phenoxy) is 2. The van der Waals surface area contributed by atoms with Gasteiger partial charge in [-0.2, -0.15) is 0 Å². The topological polar surface area (TPSA) is 35.5 Å². The zero-order valence-corrected chi connectivity index (χ0v) is 17.2. The van der Waals surface area contributed by atoms with Crippen LogP contribution in [0.1, 0.15) is 94.3 Å². The number of rotatable bonds is 14. The molecule has 3 heteroatoms. The Hall–Kier alpha value is -1.95. The lowest BCUT2D eigenvalue weighted by molar-refractivity contribution is 0.0600. The summed E-state index contributed by atoms with van der Waals surface area (Å²) in [6.45, 7) is 2.65. The first kappa shape index (κ1) is 23.1. The van der Waals surface area contributed by atoms with Crippen LogP contribution >= 0.6 is 0 Å². The highest BCUT2D eigenvalue weighted by molar-refractivity contribution is 5.89. The standard InChI is InChI=1S/C24H36O3/c1-3-4-5-6-7-8-9-10-11-12-13-14-15-16-21-27-23-19-17-22(18-20-23)24(25)26-2/h17-20H,3-14,21H2,1-2H3. The molecule has 150 valence electrons. The maximum Gasteiger partial charge on any atom is 0.337 e. The molecule has 0 N–H and O–H groups in total. The molecule has 27 heavy (non-hydrogen) atoms. The molecule has 0 amide bonds. The highest BCUT2D eigenvalue weighted by Crippen LogP contribution is 2.13. The number of methoxy groups -OCH3 is 1. The number of benzene rings is 1. The van der Waals surface area contributed by atoms with Crippen molar-refractivity contribution in [2.75, 3.05) is 13.7 Å². The molecule has 0 aliphatic heterocycles. The van der Waals surface area contributed by atoms with E-state index >= 15 is 0 Å². The fourth-order valence-electron chi connectivity index (χ4n) is 2.94. The second-order valence-electron chi connectivity index (χ2n) is 6.94. The highest BCUT2D eigenvalue weighted by atomic mass is 16.5. The third-order valence-electron chi connectivity index (χ3n) is 4.62. The molecule has 1 rings (SSSR count). The molecule has 0 radical (unpaired) electrons. The molecule has 1 aromatic carbocycles. The van der Waals surface area contributed by atoms with Crippen LogP contribution in [-0.2, 0) is 4.74 Å². The van der Waals surface area contributed by atoms with Gasteiger partial charge in [-0.15, -0.1) is 0 Å². The highest BCUT2D eigenvalue weighted by Gasteiger charge is 2.04. The van der Waals surface area contributed by atoms with Gasteiger partial charge in [0, 0.05) is 6.42 Å². The molecule has 0 atom stereocenters. The summed E-state index contributed by atoms with van der Waals surface area (Å²) < 4.78 is 10.2. The number of unbranched alkanes of at least 4 members (excludes halogenated alkanes) is 11. The monoisotopic (exact) mass is 372 g/mol. The molecule has 0 saturated carbocycles. The fraction of sp³-hybridized carbons (Fsp3) is 0.625. The Bertz CT molecular complexity index is 551. The molecule has 0 heterocycles. The van der Waals surface area contributed by atoms with Gasteiger partial charge in [0.05, 0.1) is 12.7 Å². The summed E-state index contributed by atoms with van der Waals surface area (Å²) in [4.78, 5) is 11.3. The molecular weight excluding hydrogens is 336 g/mol. The van der Waals surface area contributed by atoms with Gasteiger partial charge in [0.25, 0.3) is 0 Å². The number of carbonyl (C=O) groups excluding carboxylic acids is 1. The summed E-state index contributed by atoms with van der Waals surface area (Å²) >= 11 is 0. The number of esters is 1.